The summed E-state index contributed by atoms with van der Waals surface area (Å²) in [4.78, 5) is 41.0. The molecular weight excluding hydrogens is 352 g/mol. The second-order valence-electron chi connectivity index (χ2n) is 6.91. The Hall–Kier alpha value is -1.93. The summed E-state index contributed by atoms with van der Waals surface area (Å²) >= 11 is 1.35. The van der Waals surface area contributed by atoms with Gasteiger partial charge in [0, 0.05) is 38.6 Å². The fraction of sp³-hybridized carbons (Fsp3) is 0.611. The van der Waals surface area contributed by atoms with Gasteiger partial charge < -0.3 is 15.5 Å². The van der Waals surface area contributed by atoms with Crippen molar-refractivity contribution >= 4 is 34.1 Å². The van der Waals surface area contributed by atoms with E-state index in [9.17, 15) is 14.4 Å². The zero-order chi connectivity index (χ0) is 18.7. The first-order valence-electron chi connectivity index (χ1n) is 9.17. The highest BCUT2D eigenvalue weighted by molar-refractivity contribution is 7.18. The lowest BCUT2D eigenvalue weighted by molar-refractivity contribution is -0.122. The van der Waals surface area contributed by atoms with E-state index in [-0.39, 0.29) is 23.6 Å². The van der Waals surface area contributed by atoms with Crippen LogP contribution in [-0.2, 0) is 9.59 Å². The van der Waals surface area contributed by atoms with E-state index in [0.29, 0.717) is 44.1 Å². The van der Waals surface area contributed by atoms with Crippen LogP contribution in [-0.4, -0.2) is 66.8 Å². The molecule has 7 nitrogen and oxygen atoms in total. The van der Waals surface area contributed by atoms with Crippen molar-refractivity contribution in [3.8, 4) is 0 Å². The first-order valence-corrected chi connectivity index (χ1v) is 9.99. The van der Waals surface area contributed by atoms with Crippen LogP contribution in [0.4, 0.5) is 5.00 Å². The maximum Gasteiger partial charge on any atom is 0.264 e. The van der Waals surface area contributed by atoms with E-state index >= 15 is 0 Å². The fourth-order valence-electron chi connectivity index (χ4n) is 3.03. The van der Waals surface area contributed by atoms with Crippen molar-refractivity contribution in [2.24, 2.45) is 5.92 Å². The van der Waals surface area contributed by atoms with Gasteiger partial charge in [-0.1, -0.05) is 0 Å². The minimum atomic E-state index is 0.0112. The summed E-state index contributed by atoms with van der Waals surface area (Å²) in [6, 6.07) is 1.88. The van der Waals surface area contributed by atoms with Gasteiger partial charge in [0.25, 0.3) is 5.91 Å². The van der Waals surface area contributed by atoms with Crippen LogP contribution < -0.4 is 10.6 Å². The summed E-state index contributed by atoms with van der Waals surface area (Å²) in [5, 5.41) is 6.46. The third kappa shape index (κ3) is 4.62. The Morgan fingerprint density at radius 1 is 1.19 bits per heavy atom. The molecule has 1 saturated carbocycles. The van der Waals surface area contributed by atoms with E-state index in [0.717, 1.165) is 23.4 Å². The van der Waals surface area contributed by atoms with Gasteiger partial charge in [0.2, 0.25) is 11.8 Å². The van der Waals surface area contributed by atoms with Crippen LogP contribution in [0.15, 0.2) is 6.07 Å². The molecule has 1 saturated heterocycles. The smallest absolute Gasteiger partial charge is 0.264 e. The Balaban J connectivity index is 1.54. The van der Waals surface area contributed by atoms with E-state index in [4.69, 9.17) is 0 Å². The third-order valence-corrected chi connectivity index (χ3v) is 5.85. The van der Waals surface area contributed by atoms with Crippen molar-refractivity contribution < 1.29 is 14.4 Å². The molecule has 0 radical (unpaired) electrons. The van der Waals surface area contributed by atoms with Gasteiger partial charge in [-0.2, -0.15) is 0 Å². The molecule has 26 heavy (non-hydrogen) atoms. The van der Waals surface area contributed by atoms with Crippen molar-refractivity contribution in [3.05, 3.63) is 16.5 Å². The number of likely N-dealkylation sites (N-methyl/N-ethyl adjacent to an activating group) is 1. The molecule has 8 heteroatoms. The number of aryl methyl sites for hydroxylation is 1. The van der Waals surface area contributed by atoms with Gasteiger partial charge in [-0.15, -0.1) is 11.3 Å². The summed E-state index contributed by atoms with van der Waals surface area (Å²) < 4.78 is 0. The fourth-order valence-corrected chi connectivity index (χ4v) is 4.08. The zero-order valence-electron chi connectivity index (χ0n) is 15.3. The molecule has 3 rings (SSSR count). The molecule has 0 bridgehead atoms. The van der Waals surface area contributed by atoms with Gasteiger partial charge in [0.05, 0.1) is 16.4 Å². The summed E-state index contributed by atoms with van der Waals surface area (Å²) in [6.45, 7) is 7.43. The van der Waals surface area contributed by atoms with E-state index in [2.05, 4.69) is 15.5 Å². The van der Waals surface area contributed by atoms with Crippen molar-refractivity contribution in [2.45, 2.75) is 26.7 Å². The lowest BCUT2D eigenvalue weighted by atomic mass is 10.2. The number of carbonyl (C=O) groups is 3. The molecule has 2 heterocycles. The topological polar surface area (TPSA) is 81.8 Å². The monoisotopic (exact) mass is 378 g/mol. The number of piperazine rings is 1. The highest BCUT2D eigenvalue weighted by Crippen LogP contribution is 2.33. The van der Waals surface area contributed by atoms with Crippen LogP contribution in [0, 0.1) is 12.8 Å². The predicted molar refractivity (Wildman–Crippen MR) is 101 cm³/mol. The SMILES string of the molecule is CCNC(=O)CN1CCN(C(=O)c2sc(NC(=O)C3CC3)cc2C)CC1. The van der Waals surface area contributed by atoms with Crippen LogP contribution in [0.1, 0.15) is 35.0 Å². The predicted octanol–water partition coefficient (Wildman–Crippen LogP) is 1.30. The molecular formula is C18H26N4O3S. The molecule has 0 aromatic carbocycles. The lowest BCUT2D eigenvalue weighted by Gasteiger charge is -2.34. The molecule has 1 aromatic rings. The van der Waals surface area contributed by atoms with Crippen molar-refractivity contribution in [3.63, 3.8) is 0 Å². The molecule has 0 atom stereocenters. The summed E-state index contributed by atoms with van der Waals surface area (Å²) in [6.07, 6.45) is 1.92. The van der Waals surface area contributed by atoms with Crippen LogP contribution in [0.5, 0.6) is 0 Å². The number of hydrogen-bond acceptors (Lipinski definition) is 5. The Morgan fingerprint density at radius 2 is 1.88 bits per heavy atom. The average molecular weight is 378 g/mol. The normalized spacial score (nSPS) is 17.8. The van der Waals surface area contributed by atoms with Gasteiger partial charge in [-0.3, -0.25) is 19.3 Å². The first-order chi connectivity index (χ1) is 12.5. The largest absolute Gasteiger partial charge is 0.355 e. The second kappa shape index (κ2) is 8.18. The number of anilines is 1. The van der Waals surface area contributed by atoms with Crippen molar-refractivity contribution in [1.82, 2.24) is 15.1 Å². The highest BCUT2D eigenvalue weighted by Gasteiger charge is 2.30. The maximum absolute atomic E-state index is 12.8. The maximum atomic E-state index is 12.8. The molecule has 0 unspecified atom stereocenters. The van der Waals surface area contributed by atoms with Gasteiger partial charge in [0.1, 0.15) is 0 Å². The number of hydrogen-bond donors (Lipinski definition) is 2. The van der Waals surface area contributed by atoms with E-state index in [1.807, 2.05) is 24.8 Å². The van der Waals surface area contributed by atoms with Crippen molar-refractivity contribution in [1.29, 1.82) is 0 Å². The van der Waals surface area contributed by atoms with Crippen molar-refractivity contribution in [2.75, 3.05) is 44.6 Å². The molecule has 1 aliphatic carbocycles. The van der Waals surface area contributed by atoms with E-state index < -0.39 is 0 Å². The molecule has 3 amide bonds. The molecule has 1 aromatic heterocycles. The average Bonchev–Trinajstić information content (AvgIpc) is 3.39. The summed E-state index contributed by atoms with van der Waals surface area (Å²) in [7, 11) is 0. The number of rotatable bonds is 6. The lowest BCUT2D eigenvalue weighted by Crippen LogP contribution is -2.51. The summed E-state index contributed by atoms with van der Waals surface area (Å²) in [5.41, 5.74) is 0.899. The Morgan fingerprint density at radius 3 is 2.50 bits per heavy atom. The summed E-state index contributed by atoms with van der Waals surface area (Å²) in [5.74, 6) is 0.244. The Labute approximate surface area is 157 Å². The zero-order valence-corrected chi connectivity index (χ0v) is 16.2. The van der Waals surface area contributed by atoms with Gasteiger partial charge >= 0.3 is 0 Å². The number of nitrogens with zero attached hydrogens (tertiary/aromatic N) is 2. The number of amides is 3. The van der Waals surface area contributed by atoms with E-state index in [1.54, 1.807) is 0 Å². The Bertz CT molecular complexity index is 691. The quantitative estimate of drug-likeness (QED) is 0.782. The van der Waals surface area contributed by atoms with Gasteiger partial charge in [-0.25, -0.2) is 0 Å². The second-order valence-corrected chi connectivity index (χ2v) is 7.96. The molecule has 2 N–H and O–H groups in total. The van der Waals surface area contributed by atoms with Crippen LogP contribution in [0.3, 0.4) is 0 Å². The third-order valence-electron chi connectivity index (χ3n) is 4.71. The minimum absolute atomic E-state index is 0.0112. The number of thiophene rings is 1. The van der Waals surface area contributed by atoms with Crippen LogP contribution in [0.2, 0.25) is 0 Å². The Kier molecular flexibility index (Phi) is 5.93. The number of nitrogens with one attached hydrogen (secondary N) is 2. The van der Waals surface area contributed by atoms with Gasteiger partial charge in [0.15, 0.2) is 0 Å². The molecule has 142 valence electrons. The van der Waals surface area contributed by atoms with Gasteiger partial charge in [-0.05, 0) is 38.3 Å². The van der Waals surface area contributed by atoms with Crippen LogP contribution >= 0.6 is 11.3 Å². The molecule has 0 spiro atoms. The molecule has 2 fully saturated rings. The van der Waals surface area contributed by atoms with E-state index in [1.165, 1.54) is 11.3 Å². The molecule has 1 aliphatic heterocycles. The molecule has 2 aliphatic rings. The number of carbonyl (C=O) groups excluding carboxylic acids is 3. The standard InChI is InChI=1S/C18H26N4O3S/c1-3-19-14(23)11-21-6-8-22(9-7-21)18(25)16-12(2)10-15(26-16)20-17(24)13-4-5-13/h10,13H,3-9,11H2,1-2H3,(H,19,23)(H,20,24). The minimum Gasteiger partial charge on any atom is -0.355 e. The van der Waals surface area contributed by atoms with Crippen LogP contribution in [0.25, 0.3) is 0 Å². The first kappa shape index (κ1) is 18.8. The highest BCUT2D eigenvalue weighted by atomic mass is 32.1.